The number of hydrogen-bond acceptors (Lipinski definition) is 15. The van der Waals surface area contributed by atoms with Crippen molar-refractivity contribution in [2.75, 3.05) is 106 Å². The minimum absolute atomic E-state index is 0.0490. The minimum Gasteiger partial charge on any atom is -0.442 e. The molecule has 2 saturated heterocycles. The van der Waals surface area contributed by atoms with Crippen molar-refractivity contribution in [3.8, 4) is 0 Å². The van der Waals surface area contributed by atoms with E-state index in [4.69, 9.17) is 28.4 Å². The summed E-state index contributed by atoms with van der Waals surface area (Å²) < 4.78 is 37.5. The highest BCUT2D eigenvalue weighted by molar-refractivity contribution is 5.97. The van der Waals surface area contributed by atoms with Gasteiger partial charge < -0.3 is 54.6 Å². The van der Waals surface area contributed by atoms with E-state index in [1.165, 1.54) is 11.8 Å². The molecule has 510 valence electrons. The monoisotopic (exact) mass is 1250 g/mol. The van der Waals surface area contributed by atoms with Crippen LogP contribution in [0, 0.1) is 32.5 Å². The molecule has 5 rings (SSSR count). The first-order chi connectivity index (χ1) is 41.2. The van der Waals surface area contributed by atoms with E-state index in [2.05, 4.69) is 147 Å². The largest absolute Gasteiger partial charge is 0.442 e. The molecule has 21 heteroatoms. The summed E-state index contributed by atoms with van der Waals surface area (Å²) in [6.07, 6.45) is 10.2. The van der Waals surface area contributed by atoms with Gasteiger partial charge in [-0.2, -0.15) is 0 Å². The van der Waals surface area contributed by atoms with Crippen LogP contribution in [0.5, 0.6) is 0 Å². The first kappa shape index (κ1) is 76.6. The molecule has 3 aliphatic carbocycles. The molecule has 0 spiro atoms. The molecule has 5 fully saturated rings. The van der Waals surface area contributed by atoms with Crippen LogP contribution in [-0.2, 0) is 38.0 Å². The molecule has 13 unspecified atom stereocenters. The number of likely N-dealkylation sites (N-methyl/N-ethyl adjacent to an activating group) is 1. The maximum absolute atomic E-state index is 16.1. The molecule has 2 aliphatic heterocycles. The number of nitrogens with one attached hydrogen (secondary N) is 3. The number of unbranched alkanes of at least 4 members (excludes halogenated alkanes) is 3. The van der Waals surface area contributed by atoms with Crippen molar-refractivity contribution in [2.45, 2.75) is 256 Å². The molecule has 0 aromatic heterocycles. The van der Waals surface area contributed by atoms with Gasteiger partial charge in [-0.15, -0.1) is 0 Å². The third kappa shape index (κ3) is 28.3. The quantitative estimate of drug-likeness (QED) is 0.0262. The van der Waals surface area contributed by atoms with E-state index in [0.29, 0.717) is 116 Å². The zero-order valence-corrected chi connectivity index (χ0v) is 58.1. The molecule has 21 nitrogen and oxygen atoms in total. The number of imide groups is 2. The standard InChI is InChI=1S/C65H120N8O11.C2H5NO/c1-17-21-24-79-38-53(35-69(16)20-4)82-52-31-62(11,12)43-65(15,32-52)46-73(56(75)66-47-74)59(78)72(44-63(13)29-50(27-60(7,8)41-63)67-57(76)83-54(36-70-33-48(70)5)39-80-25-22-18-2)45-64(14)30-51(28-61(9,10)42-64)68-58(77)84-55(37-71-34-49(71)6)40-81-26-23-19-3;1-2(3)4/h47-55H,17-46H2,1-16H3,(H,67,76)(H,68,77)(H,66,74,75);1H3,(H2,3,4). The molecule has 0 radical (unpaired) electrons. The van der Waals surface area contributed by atoms with Crippen molar-refractivity contribution in [1.29, 1.82) is 0 Å². The number of hydrogen-bond donors (Lipinski definition) is 4. The third-order valence-corrected chi connectivity index (χ3v) is 18.2. The number of rotatable bonds is 35. The molecular weight excluding hydrogens is 1120 g/mol. The van der Waals surface area contributed by atoms with Crippen LogP contribution < -0.4 is 21.7 Å². The predicted octanol–water partition coefficient (Wildman–Crippen LogP) is 10.2. The van der Waals surface area contributed by atoms with Gasteiger partial charge in [0, 0.05) is 103 Å². The highest BCUT2D eigenvalue weighted by Crippen LogP contribution is 2.51. The van der Waals surface area contributed by atoms with Crippen molar-refractivity contribution in [3.63, 3.8) is 0 Å². The molecule has 0 aromatic rings. The van der Waals surface area contributed by atoms with Crippen LogP contribution in [0.2, 0.25) is 0 Å². The molecule has 8 amide bonds. The number of ether oxygens (including phenoxy) is 6. The predicted molar refractivity (Wildman–Crippen MR) is 346 cm³/mol. The number of amides is 8. The second-order valence-corrected chi connectivity index (χ2v) is 30.9. The summed E-state index contributed by atoms with van der Waals surface area (Å²) in [5.74, 6) is -0.333. The maximum atomic E-state index is 16.1. The van der Waals surface area contributed by atoms with E-state index >= 15 is 4.79 Å². The fraction of sp³-hybridized carbons (Fsp3) is 0.910. The first-order valence-corrected chi connectivity index (χ1v) is 33.7. The average molecular weight is 1250 g/mol. The fourth-order valence-electron chi connectivity index (χ4n) is 15.3. The van der Waals surface area contributed by atoms with E-state index in [1.807, 2.05) is 4.90 Å². The van der Waals surface area contributed by atoms with Crippen molar-refractivity contribution in [2.24, 2.45) is 38.2 Å². The first-order valence-electron chi connectivity index (χ1n) is 33.7. The Balaban J connectivity index is 0.00000401. The van der Waals surface area contributed by atoms with Crippen LogP contribution in [-0.4, -0.2) is 215 Å². The highest BCUT2D eigenvalue weighted by Gasteiger charge is 2.50. The second-order valence-electron chi connectivity index (χ2n) is 30.9. The summed E-state index contributed by atoms with van der Waals surface area (Å²) in [7, 11) is 2.09. The molecule has 2 heterocycles. The fourth-order valence-corrected chi connectivity index (χ4v) is 15.3. The second kappa shape index (κ2) is 35.3. The minimum atomic E-state index is -0.781. The molecule has 88 heavy (non-hydrogen) atoms. The summed E-state index contributed by atoms with van der Waals surface area (Å²) in [4.78, 5) is 90.2. The van der Waals surface area contributed by atoms with E-state index in [0.717, 1.165) is 77.4 Å². The molecular formula is C67H125N9O12. The Bertz CT molecular complexity index is 2080. The number of carbonyl (C=O) groups is 6. The number of nitrogens with zero attached hydrogens (tertiary/aromatic N) is 5. The van der Waals surface area contributed by atoms with Gasteiger partial charge in [0.2, 0.25) is 12.3 Å². The van der Waals surface area contributed by atoms with E-state index in [1.54, 1.807) is 0 Å². The smallest absolute Gasteiger partial charge is 0.407 e. The molecule has 0 aromatic carbocycles. The molecule has 3 saturated carbocycles. The Morgan fingerprint density at radius 1 is 0.602 bits per heavy atom. The molecule has 5 aliphatic rings. The van der Waals surface area contributed by atoms with Crippen LogP contribution in [0.3, 0.4) is 0 Å². The van der Waals surface area contributed by atoms with Crippen molar-refractivity contribution in [1.82, 2.24) is 40.4 Å². The topological polar surface area (TPSA) is 236 Å². The van der Waals surface area contributed by atoms with E-state index in [-0.39, 0.29) is 66.1 Å². The zero-order chi connectivity index (χ0) is 65.7. The van der Waals surface area contributed by atoms with Gasteiger partial charge in [-0.25, -0.2) is 24.1 Å². The maximum Gasteiger partial charge on any atom is 0.407 e. The summed E-state index contributed by atoms with van der Waals surface area (Å²) in [6.45, 7) is 42.3. The number of urea groups is 2. The van der Waals surface area contributed by atoms with Crippen LogP contribution in [0.15, 0.2) is 0 Å². The molecule has 0 bridgehead atoms. The van der Waals surface area contributed by atoms with E-state index in [9.17, 15) is 24.0 Å². The summed E-state index contributed by atoms with van der Waals surface area (Å²) in [5.41, 5.74) is 2.04. The lowest BCUT2D eigenvalue weighted by Gasteiger charge is -2.52. The van der Waals surface area contributed by atoms with Crippen molar-refractivity contribution < 1.29 is 57.2 Å². The third-order valence-electron chi connectivity index (χ3n) is 18.2. The number of alkyl carbamates (subject to hydrolysis) is 2. The SMILES string of the molecule is CC(N)=O.CCCCOCC(CN1CC1C)OC(=O)NC1CC(C)(C)CC(C)(CN(CC2(C)CC(NC(=O)OC(COCCCC)CN3CC3C)CC(C)(C)C2)C(=O)N(CC2(C)CC(OC(COCCCC)CN(C)CC)CC(C)(C)C2)C(=O)NC=O)C1. The van der Waals surface area contributed by atoms with Gasteiger partial charge >= 0.3 is 24.2 Å². The van der Waals surface area contributed by atoms with Gasteiger partial charge in [0.1, 0.15) is 12.2 Å². The van der Waals surface area contributed by atoms with Crippen LogP contribution in [0.25, 0.3) is 0 Å². The number of carbonyl (C=O) groups excluding carboxylic acids is 6. The Morgan fingerprint density at radius 2 is 0.989 bits per heavy atom. The van der Waals surface area contributed by atoms with E-state index < -0.39 is 52.7 Å². The molecule has 5 N–H and O–H groups in total. The van der Waals surface area contributed by atoms with Crippen LogP contribution in [0.4, 0.5) is 19.2 Å². The van der Waals surface area contributed by atoms with Gasteiger partial charge in [-0.1, -0.05) is 109 Å². The molecule has 13 atom stereocenters. The summed E-state index contributed by atoms with van der Waals surface area (Å²) >= 11 is 0. The zero-order valence-electron chi connectivity index (χ0n) is 58.1. The number of primary amides is 1. The summed E-state index contributed by atoms with van der Waals surface area (Å²) in [6, 6.07) is -0.936. The van der Waals surface area contributed by atoms with Gasteiger partial charge in [0.15, 0.2) is 0 Å². The van der Waals surface area contributed by atoms with Gasteiger partial charge in [0.05, 0.1) is 32.0 Å². The van der Waals surface area contributed by atoms with Gasteiger partial charge in [-0.05, 0) is 137 Å². The highest BCUT2D eigenvalue weighted by atomic mass is 16.6. The Morgan fingerprint density at radius 3 is 1.36 bits per heavy atom. The lowest BCUT2D eigenvalue weighted by Crippen LogP contribution is -2.60. The van der Waals surface area contributed by atoms with Crippen LogP contribution >= 0.6 is 0 Å². The Labute approximate surface area is 531 Å². The normalized spacial score (nSPS) is 29.4. The number of nitrogens with two attached hydrogens (primary N) is 1. The van der Waals surface area contributed by atoms with Gasteiger partial charge in [0.25, 0.3) is 0 Å². The Hall–Kier alpha value is -3.86. The lowest BCUT2D eigenvalue weighted by atomic mass is 9.61. The average Bonchev–Trinajstić information content (AvgIpc) is 1.88. The van der Waals surface area contributed by atoms with Crippen molar-refractivity contribution in [3.05, 3.63) is 0 Å². The Kier molecular flexibility index (Phi) is 30.7. The summed E-state index contributed by atoms with van der Waals surface area (Å²) in [5, 5.41) is 8.94. The van der Waals surface area contributed by atoms with Crippen LogP contribution in [0.1, 0.15) is 207 Å². The van der Waals surface area contributed by atoms with Gasteiger partial charge in [-0.3, -0.25) is 24.7 Å². The van der Waals surface area contributed by atoms with Crippen molar-refractivity contribution >= 4 is 36.6 Å². The lowest BCUT2D eigenvalue weighted by molar-refractivity contribution is -0.117.